The monoisotopic (exact) mass is 473 g/mol. The van der Waals surface area contributed by atoms with Gasteiger partial charge >= 0.3 is 6.36 Å². The molecule has 0 radical (unpaired) electrons. The van der Waals surface area contributed by atoms with Gasteiger partial charge in [-0.25, -0.2) is 0 Å². The predicted molar refractivity (Wildman–Crippen MR) is 100 cm³/mol. The van der Waals surface area contributed by atoms with E-state index in [1.807, 2.05) is 6.92 Å². The van der Waals surface area contributed by atoms with E-state index in [-0.39, 0.29) is 36.3 Å². The number of hydrogen-bond donors (Lipinski definition) is 3. The van der Waals surface area contributed by atoms with Crippen molar-refractivity contribution in [2.75, 3.05) is 19.6 Å². The first-order valence-electron chi connectivity index (χ1n) is 7.93. The molecule has 1 aromatic carbocycles. The Balaban J connectivity index is 0.00000312. The van der Waals surface area contributed by atoms with Crippen LogP contribution in [0.1, 0.15) is 31.4 Å². The third kappa shape index (κ3) is 8.61. The fraction of sp³-hybridized carbons (Fsp3) is 0.562. The Morgan fingerprint density at radius 1 is 1.28 bits per heavy atom. The number of benzene rings is 1. The van der Waals surface area contributed by atoms with Crippen molar-refractivity contribution in [1.82, 2.24) is 10.6 Å². The van der Waals surface area contributed by atoms with Crippen LogP contribution >= 0.6 is 24.0 Å². The van der Waals surface area contributed by atoms with Crippen molar-refractivity contribution < 1.29 is 23.0 Å². The van der Waals surface area contributed by atoms with E-state index in [4.69, 9.17) is 0 Å². The number of alkyl halides is 3. The number of aliphatic imine (C=N–C) groups is 1. The second-order valence-corrected chi connectivity index (χ2v) is 5.68. The zero-order valence-corrected chi connectivity index (χ0v) is 16.2. The average Bonchev–Trinajstić information content (AvgIpc) is 3.33. The molecule has 1 aliphatic carbocycles. The largest absolute Gasteiger partial charge is 0.573 e. The molecule has 1 saturated carbocycles. The van der Waals surface area contributed by atoms with Gasteiger partial charge in [-0.1, -0.05) is 12.1 Å². The molecule has 1 atom stereocenters. The predicted octanol–water partition coefficient (Wildman–Crippen LogP) is 3.20. The molecular weight excluding hydrogens is 450 g/mol. The number of ether oxygens (including phenoxy) is 1. The summed E-state index contributed by atoms with van der Waals surface area (Å²) in [6.07, 6.45) is -3.18. The van der Waals surface area contributed by atoms with E-state index < -0.39 is 12.5 Å². The van der Waals surface area contributed by atoms with Crippen LogP contribution in [-0.4, -0.2) is 37.1 Å². The van der Waals surface area contributed by atoms with Crippen molar-refractivity contribution in [3.8, 4) is 5.75 Å². The van der Waals surface area contributed by atoms with E-state index in [0.29, 0.717) is 24.0 Å². The molecule has 5 nitrogen and oxygen atoms in total. The topological polar surface area (TPSA) is 65.9 Å². The number of aliphatic hydroxyl groups is 1. The van der Waals surface area contributed by atoms with Gasteiger partial charge in [0.05, 0.1) is 12.6 Å². The Hall–Kier alpha value is -1.23. The molecular formula is C16H23F3IN3O2. The van der Waals surface area contributed by atoms with Crippen LogP contribution in [-0.2, 0) is 0 Å². The molecule has 0 saturated heterocycles. The lowest BCUT2D eigenvalue weighted by atomic mass is 10.1. The molecule has 9 heteroatoms. The number of aliphatic hydroxyl groups excluding tert-OH is 1. The summed E-state index contributed by atoms with van der Waals surface area (Å²) >= 11 is 0. The van der Waals surface area contributed by atoms with Gasteiger partial charge in [0, 0.05) is 13.1 Å². The lowest BCUT2D eigenvalue weighted by Crippen LogP contribution is -2.38. The van der Waals surface area contributed by atoms with E-state index in [0.717, 1.165) is 6.54 Å². The molecule has 142 valence electrons. The Labute approximate surface area is 162 Å². The zero-order chi connectivity index (χ0) is 17.6. The molecule has 1 aromatic rings. The minimum Gasteiger partial charge on any atom is -0.406 e. The highest BCUT2D eigenvalue weighted by Crippen LogP contribution is 2.27. The Kier molecular flexibility index (Phi) is 8.77. The minimum atomic E-state index is -4.72. The van der Waals surface area contributed by atoms with Crippen LogP contribution in [0.3, 0.4) is 0 Å². The van der Waals surface area contributed by atoms with Crippen LogP contribution in [0.25, 0.3) is 0 Å². The summed E-state index contributed by atoms with van der Waals surface area (Å²) in [5.74, 6) is 1.00. The van der Waals surface area contributed by atoms with Crippen LogP contribution in [0.2, 0.25) is 0 Å². The fourth-order valence-corrected chi connectivity index (χ4v) is 2.08. The Morgan fingerprint density at radius 3 is 2.44 bits per heavy atom. The van der Waals surface area contributed by atoms with Crippen LogP contribution in [0.4, 0.5) is 13.2 Å². The molecule has 1 aliphatic rings. The second kappa shape index (κ2) is 10.0. The van der Waals surface area contributed by atoms with E-state index in [1.165, 1.54) is 37.1 Å². The van der Waals surface area contributed by atoms with Gasteiger partial charge in [0.25, 0.3) is 0 Å². The van der Waals surface area contributed by atoms with Gasteiger partial charge in [-0.3, -0.25) is 4.99 Å². The number of nitrogens with zero attached hydrogens (tertiary/aromatic N) is 1. The number of halogens is 4. The molecule has 0 heterocycles. The number of rotatable bonds is 7. The zero-order valence-electron chi connectivity index (χ0n) is 13.8. The van der Waals surface area contributed by atoms with Gasteiger partial charge in [0.15, 0.2) is 5.96 Å². The van der Waals surface area contributed by atoms with Crippen molar-refractivity contribution >= 4 is 29.9 Å². The summed E-state index contributed by atoms with van der Waals surface area (Å²) < 4.78 is 40.1. The van der Waals surface area contributed by atoms with Crippen molar-refractivity contribution in [3.63, 3.8) is 0 Å². The molecule has 0 spiro atoms. The smallest absolute Gasteiger partial charge is 0.406 e. The van der Waals surface area contributed by atoms with Crippen LogP contribution in [0.15, 0.2) is 29.3 Å². The standard InChI is InChI=1S/C16H22F3N3O2.HI/c1-2-20-15(21-9-11-3-4-11)22-10-14(23)12-5-7-13(8-6-12)24-16(17,18)19;/h5-8,11,14,23H,2-4,9-10H2,1H3,(H2,20,21,22);1H. The van der Waals surface area contributed by atoms with Crippen molar-refractivity contribution in [2.24, 2.45) is 10.9 Å². The molecule has 3 N–H and O–H groups in total. The second-order valence-electron chi connectivity index (χ2n) is 5.68. The van der Waals surface area contributed by atoms with Gasteiger partial charge in [-0.2, -0.15) is 0 Å². The maximum Gasteiger partial charge on any atom is 0.573 e. The molecule has 1 unspecified atom stereocenters. The Morgan fingerprint density at radius 2 is 1.92 bits per heavy atom. The molecule has 25 heavy (non-hydrogen) atoms. The number of nitrogens with one attached hydrogen (secondary N) is 2. The molecule has 0 bridgehead atoms. The quantitative estimate of drug-likeness (QED) is 0.324. The van der Waals surface area contributed by atoms with Crippen molar-refractivity contribution in [1.29, 1.82) is 0 Å². The third-order valence-electron chi connectivity index (χ3n) is 3.52. The summed E-state index contributed by atoms with van der Waals surface area (Å²) in [6.45, 7) is 3.62. The maximum absolute atomic E-state index is 12.1. The summed E-state index contributed by atoms with van der Waals surface area (Å²) in [7, 11) is 0. The maximum atomic E-state index is 12.1. The van der Waals surface area contributed by atoms with Gasteiger partial charge in [-0.05, 0) is 43.4 Å². The SMILES string of the molecule is CCNC(=NCC(O)c1ccc(OC(F)(F)F)cc1)NCC1CC1.I. The molecule has 1 fully saturated rings. The third-order valence-corrected chi connectivity index (χ3v) is 3.52. The molecule has 0 aliphatic heterocycles. The van der Waals surface area contributed by atoms with Crippen molar-refractivity contribution in [3.05, 3.63) is 29.8 Å². The highest BCUT2D eigenvalue weighted by molar-refractivity contribution is 14.0. The first kappa shape index (κ1) is 21.8. The summed E-state index contributed by atoms with van der Waals surface area (Å²) in [6, 6.07) is 5.14. The molecule has 0 amide bonds. The highest BCUT2D eigenvalue weighted by Gasteiger charge is 2.31. The summed E-state index contributed by atoms with van der Waals surface area (Å²) in [5, 5.41) is 16.4. The lowest BCUT2D eigenvalue weighted by Gasteiger charge is -2.14. The van der Waals surface area contributed by atoms with Crippen LogP contribution < -0.4 is 15.4 Å². The van der Waals surface area contributed by atoms with E-state index in [2.05, 4.69) is 20.4 Å². The van der Waals surface area contributed by atoms with Gasteiger partial charge in [0.2, 0.25) is 0 Å². The van der Waals surface area contributed by atoms with Gasteiger partial charge in [-0.15, -0.1) is 37.1 Å². The first-order chi connectivity index (χ1) is 11.4. The normalized spacial score (nSPS) is 16.0. The number of guanidine groups is 1. The van der Waals surface area contributed by atoms with Gasteiger partial charge < -0.3 is 20.5 Å². The van der Waals surface area contributed by atoms with Crippen LogP contribution in [0.5, 0.6) is 5.75 Å². The Bertz CT molecular complexity index is 549. The lowest BCUT2D eigenvalue weighted by molar-refractivity contribution is -0.274. The van der Waals surface area contributed by atoms with E-state index >= 15 is 0 Å². The fourth-order valence-electron chi connectivity index (χ4n) is 2.08. The molecule has 2 rings (SSSR count). The van der Waals surface area contributed by atoms with E-state index in [1.54, 1.807) is 0 Å². The number of hydrogen-bond acceptors (Lipinski definition) is 3. The highest BCUT2D eigenvalue weighted by atomic mass is 127. The van der Waals surface area contributed by atoms with Crippen molar-refractivity contribution in [2.45, 2.75) is 32.2 Å². The first-order valence-corrected chi connectivity index (χ1v) is 7.93. The summed E-state index contributed by atoms with van der Waals surface area (Å²) in [5.41, 5.74) is 0.478. The minimum absolute atomic E-state index is 0. The average molecular weight is 473 g/mol. The van der Waals surface area contributed by atoms with Gasteiger partial charge in [0.1, 0.15) is 5.75 Å². The molecule has 0 aromatic heterocycles. The summed E-state index contributed by atoms with van der Waals surface area (Å²) in [4.78, 5) is 4.30. The van der Waals surface area contributed by atoms with Crippen LogP contribution in [0, 0.1) is 5.92 Å². The van der Waals surface area contributed by atoms with E-state index in [9.17, 15) is 18.3 Å².